The Hall–Kier alpha value is -2.83. The van der Waals surface area contributed by atoms with E-state index in [9.17, 15) is 9.59 Å². The van der Waals surface area contributed by atoms with Gasteiger partial charge in [0.2, 0.25) is 5.95 Å². The Morgan fingerprint density at radius 2 is 2.08 bits per heavy atom. The summed E-state index contributed by atoms with van der Waals surface area (Å²) in [6.07, 6.45) is 1.19. The molecule has 128 valence electrons. The van der Waals surface area contributed by atoms with Gasteiger partial charge in [-0.2, -0.15) is 0 Å². The zero-order chi connectivity index (χ0) is 17.5. The highest BCUT2D eigenvalue weighted by Crippen LogP contribution is 2.26. The molecule has 2 rings (SSSR count). The Morgan fingerprint density at radius 1 is 1.33 bits per heavy atom. The predicted molar refractivity (Wildman–Crippen MR) is 90.9 cm³/mol. The number of benzene rings is 1. The predicted octanol–water partition coefficient (Wildman–Crippen LogP) is 2.73. The molecule has 0 saturated carbocycles. The maximum absolute atomic E-state index is 12.0. The Labute approximate surface area is 140 Å². The van der Waals surface area contributed by atoms with E-state index < -0.39 is 11.5 Å². The average Bonchev–Trinajstić information content (AvgIpc) is 2.54. The first-order valence-corrected chi connectivity index (χ1v) is 7.76. The van der Waals surface area contributed by atoms with Crippen LogP contribution >= 0.6 is 0 Å². The van der Waals surface area contributed by atoms with Crippen molar-refractivity contribution in [2.75, 3.05) is 18.5 Å². The number of nitrogens with one attached hydrogen (secondary N) is 2. The van der Waals surface area contributed by atoms with Crippen LogP contribution in [0, 0.1) is 5.92 Å². The molecule has 0 fully saturated rings. The van der Waals surface area contributed by atoms with Gasteiger partial charge in [0.15, 0.2) is 0 Å². The fourth-order valence-corrected chi connectivity index (χ4v) is 1.89. The molecular weight excluding hydrogens is 310 g/mol. The lowest BCUT2D eigenvalue weighted by atomic mass is 10.2. The molecule has 1 aromatic heterocycles. The van der Waals surface area contributed by atoms with Crippen molar-refractivity contribution in [1.82, 2.24) is 9.97 Å². The third-order valence-electron chi connectivity index (χ3n) is 3.01. The van der Waals surface area contributed by atoms with E-state index in [4.69, 9.17) is 9.47 Å². The van der Waals surface area contributed by atoms with Gasteiger partial charge in [-0.1, -0.05) is 26.0 Å². The number of hydrogen-bond donors (Lipinski definition) is 2. The Morgan fingerprint density at radius 3 is 2.75 bits per heavy atom. The molecule has 0 aliphatic heterocycles. The smallest absolute Gasteiger partial charge is 0.345 e. The van der Waals surface area contributed by atoms with E-state index in [1.54, 1.807) is 6.92 Å². The topological polar surface area (TPSA) is 93.3 Å². The van der Waals surface area contributed by atoms with Gasteiger partial charge in [-0.05, 0) is 25.0 Å². The lowest BCUT2D eigenvalue weighted by Crippen LogP contribution is -2.21. The number of nitrogens with zero attached hydrogens (tertiary/aromatic N) is 1. The second kappa shape index (κ2) is 8.14. The van der Waals surface area contributed by atoms with E-state index in [-0.39, 0.29) is 18.1 Å². The van der Waals surface area contributed by atoms with Crippen LogP contribution in [0.1, 0.15) is 31.1 Å². The Kier molecular flexibility index (Phi) is 5.95. The van der Waals surface area contributed by atoms with Gasteiger partial charge in [0, 0.05) is 0 Å². The monoisotopic (exact) mass is 331 g/mol. The van der Waals surface area contributed by atoms with Crippen LogP contribution in [-0.2, 0) is 4.74 Å². The summed E-state index contributed by atoms with van der Waals surface area (Å²) in [5.74, 6) is 0.565. The lowest BCUT2D eigenvalue weighted by molar-refractivity contribution is 0.0524. The van der Waals surface area contributed by atoms with Crippen molar-refractivity contribution < 1.29 is 14.3 Å². The van der Waals surface area contributed by atoms with Crippen molar-refractivity contribution in [3.63, 3.8) is 0 Å². The number of aromatic nitrogens is 2. The molecule has 0 bridgehead atoms. The fraction of sp³-hybridized carbons (Fsp3) is 0.353. The summed E-state index contributed by atoms with van der Waals surface area (Å²) in [5.41, 5.74) is -0.0246. The molecule has 7 nitrogen and oxygen atoms in total. The Balaban J connectivity index is 2.18. The molecule has 7 heteroatoms. The second-order valence-corrected chi connectivity index (χ2v) is 5.52. The van der Waals surface area contributed by atoms with Gasteiger partial charge in [0.05, 0.1) is 25.1 Å². The number of hydrogen-bond acceptors (Lipinski definition) is 6. The molecule has 1 aromatic carbocycles. The second-order valence-electron chi connectivity index (χ2n) is 5.52. The van der Waals surface area contributed by atoms with Crippen molar-refractivity contribution in [1.29, 1.82) is 0 Å². The number of aromatic amines is 1. The first-order valence-electron chi connectivity index (χ1n) is 7.76. The molecule has 2 aromatic rings. The van der Waals surface area contributed by atoms with Gasteiger partial charge in [0.1, 0.15) is 11.3 Å². The molecule has 0 atom stereocenters. The van der Waals surface area contributed by atoms with E-state index in [1.165, 1.54) is 6.20 Å². The minimum Gasteiger partial charge on any atom is -0.491 e. The lowest BCUT2D eigenvalue weighted by Gasteiger charge is -2.14. The molecule has 0 aliphatic carbocycles. The van der Waals surface area contributed by atoms with Gasteiger partial charge in [0.25, 0.3) is 5.56 Å². The van der Waals surface area contributed by atoms with Crippen molar-refractivity contribution in [2.24, 2.45) is 5.92 Å². The highest BCUT2D eigenvalue weighted by molar-refractivity contribution is 5.88. The maximum Gasteiger partial charge on any atom is 0.345 e. The van der Waals surface area contributed by atoms with Gasteiger partial charge in [-0.3, -0.25) is 9.78 Å². The van der Waals surface area contributed by atoms with Gasteiger partial charge < -0.3 is 14.8 Å². The summed E-state index contributed by atoms with van der Waals surface area (Å²) < 4.78 is 10.5. The number of carbonyl (C=O) groups is 1. The first kappa shape index (κ1) is 17.5. The molecular formula is C17H21N3O4. The minimum atomic E-state index is -0.696. The van der Waals surface area contributed by atoms with Crippen molar-refractivity contribution in [2.45, 2.75) is 20.8 Å². The molecule has 0 unspecified atom stereocenters. The zero-order valence-corrected chi connectivity index (χ0v) is 14.0. The molecule has 1 heterocycles. The number of esters is 1. The Bertz CT molecular complexity index is 755. The number of H-pyrrole nitrogens is 1. The number of para-hydroxylation sites is 2. The molecule has 0 saturated heterocycles. The van der Waals surface area contributed by atoms with Crippen LogP contribution in [0.4, 0.5) is 11.6 Å². The van der Waals surface area contributed by atoms with Gasteiger partial charge in [-0.15, -0.1) is 0 Å². The number of ether oxygens (including phenoxy) is 2. The molecule has 24 heavy (non-hydrogen) atoms. The highest BCUT2D eigenvalue weighted by atomic mass is 16.5. The van der Waals surface area contributed by atoms with E-state index in [0.29, 0.717) is 24.0 Å². The normalized spacial score (nSPS) is 10.5. The van der Waals surface area contributed by atoms with E-state index in [1.807, 2.05) is 24.3 Å². The van der Waals surface area contributed by atoms with Crippen LogP contribution in [0.3, 0.4) is 0 Å². The van der Waals surface area contributed by atoms with Crippen molar-refractivity contribution >= 4 is 17.6 Å². The van der Waals surface area contributed by atoms with Crippen LogP contribution in [0.25, 0.3) is 0 Å². The SMILES string of the molecule is CCOC(=O)c1cnc(Nc2ccccc2OCC(C)C)[nH]c1=O. The first-order chi connectivity index (χ1) is 11.5. The third kappa shape index (κ3) is 4.58. The van der Waals surface area contributed by atoms with E-state index in [0.717, 1.165) is 0 Å². The summed E-state index contributed by atoms with van der Waals surface area (Å²) in [6.45, 7) is 6.55. The summed E-state index contributed by atoms with van der Waals surface area (Å²) in [4.78, 5) is 30.2. The molecule has 0 aliphatic rings. The van der Waals surface area contributed by atoms with E-state index >= 15 is 0 Å². The highest BCUT2D eigenvalue weighted by Gasteiger charge is 2.13. The molecule has 0 spiro atoms. The average molecular weight is 331 g/mol. The van der Waals surface area contributed by atoms with Crippen molar-refractivity contribution in [3.8, 4) is 5.75 Å². The van der Waals surface area contributed by atoms with Crippen LogP contribution in [0.5, 0.6) is 5.75 Å². The van der Waals surface area contributed by atoms with E-state index in [2.05, 4.69) is 29.1 Å². The fourth-order valence-electron chi connectivity index (χ4n) is 1.89. The summed E-state index contributed by atoms with van der Waals surface area (Å²) in [7, 11) is 0. The van der Waals surface area contributed by atoms with Crippen molar-refractivity contribution in [3.05, 3.63) is 46.4 Å². The maximum atomic E-state index is 12.0. The summed E-state index contributed by atoms with van der Waals surface area (Å²) >= 11 is 0. The van der Waals surface area contributed by atoms with Crippen LogP contribution in [-0.4, -0.2) is 29.2 Å². The van der Waals surface area contributed by atoms with Crippen LogP contribution in [0.2, 0.25) is 0 Å². The quantitative estimate of drug-likeness (QED) is 0.758. The van der Waals surface area contributed by atoms with Crippen LogP contribution < -0.4 is 15.6 Å². The molecule has 2 N–H and O–H groups in total. The molecule has 0 radical (unpaired) electrons. The third-order valence-corrected chi connectivity index (χ3v) is 3.01. The van der Waals surface area contributed by atoms with Crippen LogP contribution in [0.15, 0.2) is 35.3 Å². The van der Waals surface area contributed by atoms with Gasteiger partial charge in [-0.25, -0.2) is 9.78 Å². The zero-order valence-electron chi connectivity index (χ0n) is 14.0. The summed E-state index contributed by atoms with van der Waals surface area (Å²) in [5, 5.41) is 2.99. The minimum absolute atomic E-state index is 0.133. The largest absolute Gasteiger partial charge is 0.491 e. The van der Waals surface area contributed by atoms with Gasteiger partial charge >= 0.3 is 5.97 Å². The number of anilines is 2. The number of rotatable bonds is 7. The standard InChI is InChI=1S/C17H21N3O4/c1-4-23-16(22)12-9-18-17(20-15(12)21)19-13-7-5-6-8-14(13)24-10-11(2)3/h5-9,11H,4,10H2,1-3H3,(H2,18,19,20,21). The number of carbonyl (C=O) groups excluding carboxylic acids is 1. The summed E-state index contributed by atoms with van der Waals surface area (Å²) in [6, 6.07) is 7.35. The molecule has 0 amide bonds.